The summed E-state index contributed by atoms with van der Waals surface area (Å²) < 4.78 is 6.39. The summed E-state index contributed by atoms with van der Waals surface area (Å²) in [6.07, 6.45) is -0.733. The molecule has 0 aliphatic carbocycles. The lowest BCUT2D eigenvalue weighted by atomic mass is 10.0. The molecule has 0 bridgehead atoms. The predicted octanol–water partition coefficient (Wildman–Crippen LogP) is 6.62. The molecule has 4 heteroatoms. The largest absolute Gasteiger partial charge is 0.412 e. The van der Waals surface area contributed by atoms with Crippen molar-refractivity contribution in [3.05, 3.63) is 0 Å². The number of hydrogen-bond donors (Lipinski definition) is 1. The molecule has 0 aliphatic rings. The van der Waals surface area contributed by atoms with Crippen LogP contribution in [0.25, 0.3) is 0 Å². The number of hydrogen-bond acceptors (Lipinski definition) is 2. The van der Waals surface area contributed by atoms with Crippen molar-refractivity contribution in [3.8, 4) is 11.5 Å². The van der Waals surface area contributed by atoms with Gasteiger partial charge in [-0.05, 0) is 48.6 Å². The van der Waals surface area contributed by atoms with Gasteiger partial charge in [-0.25, -0.2) is 0 Å². The van der Waals surface area contributed by atoms with Crippen molar-refractivity contribution < 1.29 is 9.53 Å². The Morgan fingerprint density at radius 1 is 0.808 bits per heavy atom. The quantitative estimate of drug-likeness (QED) is 0.386. The van der Waals surface area contributed by atoms with Crippen LogP contribution in [0.2, 0.25) is 34.8 Å². The van der Waals surface area contributed by atoms with Crippen molar-refractivity contribution >= 4 is 16.4 Å². The van der Waals surface area contributed by atoms with Gasteiger partial charge in [-0.2, -0.15) is 0 Å². The highest BCUT2D eigenvalue weighted by Crippen LogP contribution is 2.41. The molecular formula is C22H46O2Si2. The van der Waals surface area contributed by atoms with E-state index in [9.17, 15) is 5.11 Å². The first-order valence-corrected chi connectivity index (χ1v) is 15.5. The first-order chi connectivity index (χ1) is 11.5. The molecule has 0 aromatic heterocycles. The van der Waals surface area contributed by atoms with Crippen LogP contribution in [0, 0.1) is 17.4 Å². The predicted molar refractivity (Wildman–Crippen MR) is 122 cm³/mol. The van der Waals surface area contributed by atoms with Crippen molar-refractivity contribution in [2.24, 2.45) is 5.92 Å². The highest BCUT2D eigenvalue weighted by Gasteiger charge is 2.42. The molecule has 154 valence electrons. The SMILES string of the molecule is CC(C)[Si](C#C[C@@H](C)[C@H](O)[C@@H](C)O[Si](C)(C)C(C)(C)C)(C(C)C)C(C)C. The van der Waals surface area contributed by atoms with Gasteiger partial charge in [0.25, 0.3) is 0 Å². The van der Waals surface area contributed by atoms with Crippen LogP contribution in [-0.2, 0) is 4.43 Å². The Morgan fingerprint density at radius 3 is 1.50 bits per heavy atom. The third-order valence-electron chi connectivity index (χ3n) is 6.66. The minimum Gasteiger partial charge on any atom is -0.412 e. The zero-order valence-corrected chi connectivity index (χ0v) is 21.8. The minimum absolute atomic E-state index is 0.0714. The molecule has 0 rings (SSSR count). The summed E-state index contributed by atoms with van der Waals surface area (Å²) >= 11 is 0. The molecule has 0 saturated carbocycles. The third-order valence-corrected chi connectivity index (χ3v) is 17.5. The summed E-state index contributed by atoms with van der Waals surface area (Å²) in [6.45, 7) is 29.2. The molecule has 0 aromatic carbocycles. The van der Waals surface area contributed by atoms with Crippen LogP contribution in [0.5, 0.6) is 0 Å². The molecule has 0 amide bonds. The smallest absolute Gasteiger partial charge is 0.192 e. The molecule has 1 N–H and O–H groups in total. The van der Waals surface area contributed by atoms with Crippen molar-refractivity contribution in [2.75, 3.05) is 0 Å². The van der Waals surface area contributed by atoms with Crippen LogP contribution in [0.4, 0.5) is 0 Å². The zero-order chi connectivity index (χ0) is 21.1. The number of rotatable bonds is 7. The fourth-order valence-electron chi connectivity index (χ4n) is 3.87. The lowest BCUT2D eigenvalue weighted by Crippen LogP contribution is -2.47. The highest BCUT2D eigenvalue weighted by atomic mass is 28.4. The van der Waals surface area contributed by atoms with Gasteiger partial charge < -0.3 is 9.53 Å². The van der Waals surface area contributed by atoms with Crippen LogP contribution in [-0.4, -0.2) is 33.7 Å². The monoisotopic (exact) mass is 398 g/mol. The fraction of sp³-hybridized carbons (Fsp3) is 0.909. The van der Waals surface area contributed by atoms with Gasteiger partial charge in [-0.1, -0.05) is 62.3 Å². The summed E-state index contributed by atoms with van der Waals surface area (Å²) in [7, 11) is -3.64. The molecule has 0 heterocycles. The second kappa shape index (κ2) is 9.41. The molecule has 0 aliphatic heterocycles. The first kappa shape index (κ1) is 25.9. The normalized spacial score (nSPS) is 17.3. The molecule has 0 fully saturated rings. The second-order valence-corrected chi connectivity index (χ2v) is 20.9. The van der Waals surface area contributed by atoms with E-state index in [0.717, 1.165) is 0 Å². The zero-order valence-electron chi connectivity index (χ0n) is 19.8. The van der Waals surface area contributed by atoms with Gasteiger partial charge in [0.15, 0.2) is 8.32 Å². The highest BCUT2D eigenvalue weighted by molar-refractivity contribution is 6.90. The Kier molecular flexibility index (Phi) is 9.38. The van der Waals surface area contributed by atoms with Gasteiger partial charge in [-0.3, -0.25) is 0 Å². The number of aliphatic hydroxyl groups excluding tert-OH is 1. The molecule has 0 saturated heterocycles. The average Bonchev–Trinajstić information content (AvgIpc) is 2.43. The van der Waals surface area contributed by atoms with E-state index >= 15 is 0 Å². The summed E-state index contributed by atoms with van der Waals surface area (Å²) in [5.41, 5.74) is 5.58. The maximum atomic E-state index is 10.8. The standard InChI is InChI=1S/C22H46O2Si2/c1-16(2)26(17(3)4,18(5)6)15-14-19(7)21(23)20(8)24-25(12,13)22(9,10)11/h16-21,23H,1-13H3/t19-,20-,21+/m1/s1. The van der Waals surface area contributed by atoms with E-state index < -0.39 is 22.5 Å². The maximum Gasteiger partial charge on any atom is 0.192 e. The van der Waals surface area contributed by atoms with Gasteiger partial charge >= 0.3 is 0 Å². The molecule has 26 heavy (non-hydrogen) atoms. The fourth-order valence-corrected chi connectivity index (χ4v) is 10.6. The van der Waals surface area contributed by atoms with Gasteiger partial charge in [-0.15, -0.1) is 11.5 Å². The van der Waals surface area contributed by atoms with Crippen molar-refractivity contribution in [1.82, 2.24) is 0 Å². The van der Waals surface area contributed by atoms with E-state index in [1.165, 1.54) is 0 Å². The minimum atomic E-state index is -1.89. The van der Waals surface area contributed by atoms with Gasteiger partial charge in [0, 0.05) is 5.92 Å². The second-order valence-electron chi connectivity index (χ2n) is 10.5. The van der Waals surface area contributed by atoms with Crippen molar-refractivity contribution in [2.45, 2.75) is 123 Å². The Labute approximate surface area is 166 Å². The Hall–Kier alpha value is -0.0862. The number of aliphatic hydroxyl groups is 1. The molecule has 2 nitrogen and oxygen atoms in total. The summed E-state index contributed by atoms with van der Waals surface area (Å²) in [4.78, 5) is 0. The van der Waals surface area contributed by atoms with E-state index in [2.05, 4.69) is 86.9 Å². The molecule has 0 spiro atoms. The van der Waals surface area contributed by atoms with Gasteiger partial charge in [0.1, 0.15) is 8.07 Å². The third kappa shape index (κ3) is 5.96. The van der Waals surface area contributed by atoms with Crippen LogP contribution in [0.3, 0.4) is 0 Å². The summed E-state index contributed by atoms with van der Waals surface area (Å²) in [5, 5.41) is 11.0. The van der Waals surface area contributed by atoms with Crippen LogP contribution >= 0.6 is 0 Å². The average molecular weight is 399 g/mol. The van der Waals surface area contributed by atoms with Crippen molar-refractivity contribution in [3.63, 3.8) is 0 Å². The van der Waals surface area contributed by atoms with E-state index in [-0.39, 0.29) is 17.1 Å². The topological polar surface area (TPSA) is 29.5 Å². The lowest BCUT2D eigenvalue weighted by molar-refractivity contribution is 0.0190. The Bertz CT molecular complexity index is 471. The van der Waals surface area contributed by atoms with E-state index in [1.807, 2.05) is 13.8 Å². The van der Waals surface area contributed by atoms with Crippen LogP contribution in [0.1, 0.15) is 76.2 Å². The first-order valence-electron chi connectivity index (χ1n) is 10.4. The molecule has 3 atom stereocenters. The molecular weight excluding hydrogens is 352 g/mol. The van der Waals surface area contributed by atoms with Gasteiger partial charge in [0.05, 0.1) is 12.2 Å². The van der Waals surface area contributed by atoms with E-state index in [1.54, 1.807) is 0 Å². The summed E-state index contributed by atoms with van der Waals surface area (Å²) in [5.74, 6) is 3.40. The van der Waals surface area contributed by atoms with Crippen molar-refractivity contribution in [1.29, 1.82) is 0 Å². The van der Waals surface area contributed by atoms with E-state index in [0.29, 0.717) is 16.6 Å². The Balaban J connectivity index is 5.45. The maximum absolute atomic E-state index is 10.8. The van der Waals surface area contributed by atoms with Crippen LogP contribution in [0.15, 0.2) is 0 Å². The molecule has 0 aromatic rings. The lowest BCUT2D eigenvalue weighted by Gasteiger charge is -2.40. The summed E-state index contributed by atoms with van der Waals surface area (Å²) in [6, 6.07) is 0. The Morgan fingerprint density at radius 2 is 1.19 bits per heavy atom. The van der Waals surface area contributed by atoms with Crippen LogP contribution < -0.4 is 0 Å². The van der Waals surface area contributed by atoms with E-state index in [4.69, 9.17) is 4.43 Å². The molecule has 0 unspecified atom stereocenters. The molecule has 0 radical (unpaired) electrons. The van der Waals surface area contributed by atoms with Gasteiger partial charge in [0.2, 0.25) is 0 Å².